The maximum absolute atomic E-state index is 11.6. The molecule has 0 saturated heterocycles. The van der Waals surface area contributed by atoms with Crippen molar-refractivity contribution in [2.45, 2.75) is 20.3 Å². The third-order valence-electron chi connectivity index (χ3n) is 2.46. The molecule has 6 nitrogen and oxygen atoms in total. The number of ether oxygens (including phenoxy) is 1. The van der Waals surface area contributed by atoms with E-state index in [-0.39, 0.29) is 30.7 Å². The third-order valence-corrected chi connectivity index (χ3v) is 2.59. The number of nitrogens with zero attached hydrogens (tertiary/aromatic N) is 1. The normalized spacial score (nSPS) is 14.8. The number of carbonyl (C=O) groups is 2. The summed E-state index contributed by atoms with van der Waals surface area (Å²) in [7, 11) is 3.81. The van der Waals surface area contributed by atoms with Gasteiger partial charge in [-0.3, -0.25) is 15.0 Å². The number of hydrogen-bond donors (Lipinski definition) is 2. The molecule has 3 unspecified atom stereocenters. The standard InChI is InChI=1S/C11H24N3O3P/c1-8(11(16)13-14(4)18)5-6-17-7-9(2)10(15)12-3/h8-9H,5-7,18H2,1-4H3,(H,12,15)(H,13,16)/i4D. The van der Waals surface area contributed by atoms with Crippen molar-refractivity contribution in [1.82, 2.24) is 15.5 Å². The molecular weight excluding hydrogens is 253 g/mol. The van der Waals surface area contributed by atoms with Crippen LogP contribution in [0.25, 0.3) is 0 Å². The summed E-state index contributed by atoms with van der Waals surface area (Å²) in [6, 6.07) is 0. The maximum atomic E-state index is 11.6. The molecule has 2 N–H and O–H groups in total. The molecule has 0 bridgehead atoms. The van der Waals surface area contributed by atoms with Gasteiger partial charge in [0.25, 0.3) is 0 Å². The second-order valence-corrected chi connectivity index (χ2v) is 4.85. The quantitative estimate of drug-likeness (QED) is 0.377. The maximum Gasteiger partial charge on any atom is 0.237 e. The van der Waals surface area contributed by atoms with Gasteiger partial charge in [-0.25, -0.2) is 4.78 Å². The molecule has 0 aromatic rings. The summed E-state index contributed by atoms with van der Waals surface area (Å²) in [4.78, 5) is 22.8. The van der Waals surface area contributed by atoms with E-state index >= 15 is 0 Å². The fourth-order valence-electron chi connectivity index (χ4n) is 1.23. The fraction of sp³-hybridized carbons (Fsp3) is 0.818. The highest BCUT2D eigenvalue weighted by Crippen LogP contribution is 2.04. The molecule has 0 fully saturated rings. The van der Waals surface area contributed by atoms with Crippen molar-refractivity contribution in [3.63, 3.8) is 0 Å². The van der Waals surface area contributed by atoms with Crippen molar-refractivity contribution in [3.05, 3.63) is 0 Å². The Bertz CT molecular complexity index is 294. The van der Waals surface area contributed by atoms with Crippen LogP contribution in [0.3, 0.4) is 0 Å². The minimum absolute atomic E-state index is 0.0245. The largest absolute Gasteiger partial charge is 0.381 e. The van der Waals surface area contributed by atoms with Crippen LogP contribution in [0, 0.1) is 11.8 Å². The monoisotopic (exact) mass is 278 g/mol. The first kappa shape index (κ1) is 15.3. The minimum Gasteiger partial charge on any atom is -0.381 e. The van der Waals surface area contributed by atoms with Gasteiger partial charge in [0.05, 0.1) is 12.5 Å². The first-order chi connectivity index (χ1) is 8.92. The van der Waals surface area contributed by atoms with E-state index in [1.165, 1.54) is 4.78 Å². The van der Waals surface area contributed by atoms with E-state index in [9.17, 15) is 9.59 Å². The van der Waals surface area contributed by atoms with Crippen molar-refractivity contribution < 1.29 is 15.7 Å². The summed E-state index contributed by atoms with van der Waals surface area (Å²) >= 11 is 0. The van der Waals surface area contributed by atoms with Crippen LogP contribution in [-0.2, 0) is 14.3 Å². The molecular formula is C11H24N3O3P. The van der Waals surface area contributed by atoms with Crippen LogP contribution < -0.4 is 10.7 Å². The van der Waals surface area contributed by atoms with Gasteiger partial charge in [-0.2, -0.15) is 0 Å². The van der Waals surface area contributed by atoms with Gasteiger partial charge in [0.1, 0.15) is 0 Å². The summed E-state index contributed by atoms with van der Waals surface area (Å²) in [5.41, 5.74) is 2.56. The molecule has 0 radical (unpaired) electrons. The molecule has 0 spiro atoms. The second-order valence-electron chi connectivity index (χ2n) is 4.23. The Kier molecular flexibility index (Phi) is 7.89. The number of rotatable bonds is 8. The zero-order valence-corrected chi connectivity index (χ0v) is 12.4. The van der Waals surface area contributed by atoms with Gasteiger partial charge in [0.2, 0.25) is 11.8 Å². The van der Waals surface area contributed by atoms with E-state index in [4.69, 9.17) is 6.11 Å². The number of carbonyl (C=O) groups excluding carboxylic acids is 2. The smallest absolute Gasteiger partial charge is 0.237 e. The molecule has 0 aromatic heterocycles. The minimum atomic E-state index is -0.204. The predicted octanol–water partition coefficient (Wildman–Crippen LogP) is 0.164. The van der Waals surface area contributed by atoms with Crippen LogP contribution in [-0.4, -0.2) is 43.9 Å². The molecule has 0 aliphatic rings. The van der Waals surface area contributed by atoms with E-state index in [2.05, 4.69) is 20.1 Å². The highest BCUT2D eigenvalue weighted by Gasteiger charge is 2.14. The molecule has 0 aromatic carbocycles. The van der Waals surface area contributed by atoms with Crippen molar-refractivity contribution in [1.29, 1.82) is 0 Å². The van der Waals surface area contributed by atoms with Crippen LogP contribution >= 0.6 is 9.39 Å². The van der Waals surface area contributed by atoms with Crippen LogP contribution in [0.1, 0.15) is 21.6 Å². The van der Waals surface area contributed by atoms with Crippen LogP contribution in [0.5, 0.6) is 0 Å². The summed E-state index contributed by atoms with van der Waals surface area (Å²) < 4.78 is 13.7. The number of nitrogens with one attached hydrogen (secondary N) is 2. The van der Waals surface area contributed by atoms with Crippen molar-refractivity contribution >= 4 is 21.2 Å². The average Bonchev–Trinajstić information content (AvgIpc) is 2.41. The molecule has 7 heteroatoms. The Morgan fingerprint density at radius 3 is 2.61 bits per heavy atom. The SMILES string of the molecule is [2H]CN(P)NC(=O)C(C)CCOCC(C)C(=O)NC. The van der Waals surface area contributed by atoms with Gasteiger partial charge in [-0.15, -0.1) is 0 Å². The Balaban J connectivity index is 3.76. The van der Waals surface area contributed by atoms with Gasteiger partial charge >= 0.3 is 0 Å². The van der Waals surface area contributed by atoms with Crippen molar-refractivity contribution in [2.75, 3.05) is 27.3 Å². The zero-order chi connectivity index (χ0) is 14.8. The van der Waals surface area contributed by atoms with E-state index < -0.39 is 0 Å². The Morgan fingerprint density at radius 2 is 2.06 bits per heavy atom. The highest BCUT2D eigenvalue weighted by molar-refractivity contribution is 7.13. The summed E-state index contributed by atoms with van der Waals surface area (Å²) in [6.45, 7) is 4.35. The van der Waals surface area contributed by atoms with Crippen molar-refractivity contribution in [2.24, 2.45) is 11.8 Å². The zero-order valence-electron chi connectivity index (χ0n) is 12.2. The molecule has 2 amide bonds. The molecule has 3 atom stereocenters. The number of hydrogen-bond acceptors (Lipinski definition) is 4. The topological polar surface area (TPSA) is 70.7 Å². The molecule has 106 valence electrons. The lowest BCUT2D eigenvalue weighted by molar-refractivity contribution is -0.129. The first-order valence-electron chi connectivity index (χ1n) is 6.54. The number of hydrazine groups is 1. The lowest BCUT2D eigenvalue weighted by atomic mass is 10.1. The Morgan fingerprint density at radius 1 is 1.39 bits per heavy atom. The second kappa shape index (κ2) is 9.25. The van der Waals surface area contributed by atoms with Crippen molar-refractivity contribution in [3.8, 4) is 0 Å². The van der Waals surface area contributed by atoms with Gasteiger partial charge in [0.15, 0.2) is 0 Å². The van der Waals surface area contributed by atoms with Crippen LogP contribution in [0.15, 0.2) is 0 Å². The van der Waals surface area contributed by atoms with E-state index in [1.807, 2.05) is 0 Å². The van der Waals surface area contributed by atoms with Gasteiger partial charge in [-0.05, 0) is 15.8 Å². The summed E-state index contributed by atoms with van der Waals surface area (Å²) in [6.07, 6.45) is 0.572. The van der Waals surface area contributed by atoms with Gasteiger partial charge in [-0.1, -0.05) is 13.8 Å². The summed E-state index contributed by atoms with van der Waals surface area (Å²) in [5.74, 6) is -0.602. The lowest BCUT2D eigenvalue weighted by Crippen LogP contribution is -2.36. The molecule has 0 saturated carbocycles. The molecule has 0 aliphatic heterocycles. The average molecular weight is 278 g/mol. The summed E-state index contributed by atoms with van der Waals surface area (Å²) in [5, 5.41) is 2.55. The number of amides is 2. The predicted molar refractivity (Wildman–Crippen MR) is 73.4 cm³/mol. The van der Waals surface area contributed by atoms with Crippen LogP contribution in [0.2, 0.25) is 0 Å². The highest BCUT2D eigenvalue weighted by atomic mass is 31.0. The van der Waals surface area contributed by atoms with E-state index in [0.717, 1.165) is 0 Å². The first-order valence-corrected chi connectivity index (χ1v) is 6.35. The van der Waals surface area contributed by atoms with E-state index in [0.29, 0.717) is 19.6 Å². The molecule has 0 aliphatic carbocycles. The fourth-order valence-corrected chi connectivity index (χ4v) is 1.35. The van der Waals surface area contributed by atoms with Gasteiger partial charge < -0.3 is 10.1 Å². The third kappa shape index (κ3) is 7.58. The lowest BCUT2D eigenvalue weighted by Gasteiger charge is -2.16. The van der Waals surface area contributed by atoms with Gasteiger partial charge in [0, 0.05) is 28.0 Å². The Labute approximate surface area is 112 Å². The molecule has 18 heavy (non-hydrogen) atoms. The van der Waals surface area contributed by atoms with E-state index in [1.54, 1.807) is 20.9 Å². The van der Waals surface area contributed by atoms with Crippen LogP contribution in [0.4, 0.5) is 0 Å². The molecule has 0 heterocycles. The Hall–Kier alpha value is -0.710. The molecule has 0 rings (SSSR count).